The number of carbonyl (C=O) groups is 1. The standard InChI is InChI=1S/C7H15NO3.ClH/c1-7(2,3)11-10-6(9)5-8-4;/h8H,5H2,1-4H3;1H. The highest BCUT2D eigenvalue weighted by Crippen LogP contribution is 2.06. The summed E-state index contributed by atoms with van der Waals surface area (Å²) in [6, 6.07) is 0. The van der Waals surface area contributed by atoms with E-state index in [0.29, 0.717) is 0 Å². The van der Waals surface area contributed by atoms with E-state index in [4.69, 9.17) is 4.89 Å². The van der Waals surface area contributed by atoms with Crippen LogP contribution in [0.1, 0.15) is 20.8 Å². The number of hydrogen-bond acceptors (Lipinski definition) is 4. The monoisotopic (exact) mass is 197 g/mol. The third-order valence-electron chi connectivity index (χ3n) is 0.706. The maximum Gasteiger partial charge on any atom is 0.355 e. The predicted molar refractivity (Wildman–Crippen MR) is 48.1 cm³/mol. The third kappa shape index (κ3) is 9.68. The summed E-state index contributed by atoms with van der Waals surface area (Å²) >= 11 is 0. The lowest BCUT2D eigenvalue weighted by Crippen LogP contribution is -2.26. The van der Waals surface area contributed by atoms with Crippen LogP contribution in [0.4, 0.5) is 0 Å². The summed E-state index contributed by atoms with van der Waals surface area (Å²) in [5, 5.41) is 2.65. The Bertz CT molecular complexity index is 133. The Hall–Kier alpha value is -0.320. The van der Waals surface area contributed by atoms with Crippen LogP contribution in [0.3, 0.4) is 0 Å². The van der Waals surface area contributed by atoms with Crippen molar-refractivity contribution in [2.45, 2.75) is 26.4 Å². The summed E-state index contributed by atoms with van der Waals surface area (Å²) in [7, 11) is 1.67. The Morgan fingerprint density at radius 3 is 2.25 bits per heavy atom. The largest absolute Gasteiger partial charge is 0.355 e. The van der Waals surface area contributed by atoms with Gasteiger partial charge >= 0.3 is 5.97 Å². The van der Waals surface area contributed by atoms with E-state index in [9.17, 15) is 4.79 Å². The fraction of sp³-hybridized carbons (Fsp3) is 0.857. The highest BCUT2D eigenvalue weighted by Gasteiger charge is 2.14. The Labute approximate surface area is 78.9 Å². The first-order valence-electron chi connectivity index (χ1n) is 3.49. The van der Waals surface area contributed by atoms with Gasteiger partial charge in [0.15, 0.2) is 0 Å². The quantitative estimate of drug-likeness (QED) is 0.540. The number of nitrogens with one attached hydrogen (secondary N) is 1. The molecule has 0 spiro atoms. The van der Waals surface area contributed by atoms with Gasteiger partial charge in [0.2, 0.25) is 0 Å². The van der Waals surface area contributed by atoms with Gasteiger partial charge in [0.1, 0.15) is 5.60 Å². The highest BCUT2D eigenvalue weighted by molar-refractivity contribution is 5.85. The van der Waals surface area contributed by atoms with Crippen LogP contribution in [0.2, 0.25) is 0 Å². The van der Waals surface area contributed by atoms with E-state index in [1.807, 2.05) is 0 Å². The van der Waals surface area contributed by atoms with Crippen molar-refractivity contribution < 1.29 is 14.6 Å². The molecule has 0 aliphatic heterocycles. The summed E-state index contributed by atoms with van der Waals surface area (Å²) < 4.78 is 0. The van der Waals surface area contributed by atoms with E-state index in [0.717, 1.165) is 0 Å². The van der Waals surface area contributed by atoms with E-state index in [-0.39, 0.29) is 19.0 Å². The molecular weight excluding hydrogens is 182 g/mol. The van der Waals surface area contributed by atoms with E-state index in [1.165, 1.54) is 0 Å². The van der Waals surface area contributed by atoms with Crippen LogP contribution in [0.15, 0.2) is 0 Å². The van der Waals surface area contributed by atoms with Gasteiger partial charge in [-0.1, -0.05) is 0 Å². The Kier molecular flexibility index (Phi) is 7.37. The van der Waals surface area contributed by atoms with Crippen LogP contribution in [0.5, 0.6) is 0 Å². The molecule has 74 valence electrons. The minimum absolute atomic E-state index is 0. The van der Waals surface area contributed by atoms with Gasteiger partial charge in [-0.05, 0) is 27.8 Å². The summed E-state index contributed by atoms with van der Waals surface area (Å²) in [5.74, 6) is -0.414. The minimum Gasteiger partial charge on any atom is -0.310 e. The van der Waals surface area contributed by atoms with Gasteiger partial charge in [0, 0.05) is 0 Å². The Morgan fingerprint density at radius 1 is 1.42 bits per heavy atom. The molecule has 0 unspecified atom stereocenters. The molecule has 0 radical (unpaired) electrons. The Morgan fingerprint density at radius 2 is 1.92 bits per heavy atom. The average Bonchev–Trinajstić information content (AvgIpc) is 1.83. The highest BCUT2D eigenvalue weighted by atomic mass is 35.5. The van der Waals surface area contributed by atoms with Crippen LogP contribution in [-0.2, 0) is 14.6 Å². The number of rotatable bonds is 3. The fourth-order valence-corrected chi connectivity index (χ4v) is 0.345. The molecule has 12 heavy (non-hydrogen) atoms. The van der Waals surface area contributed by atoms with Crippen molar-refractivity contribution in [3.05, 3.63) is 0 Å². The fourth-order valence-electron chi connectivity index (χ4n) is 0.345. The lowest BCUT2D eigenvalue weighted by atomic mass is 10.2. The molecule has 0 aromatic carbocycles. The molecule has 0 amide bonds. The number of carbonyl (C=O) groups excluding carboxylic acids is 1. The second kappa shape index (κ2) is 6.22. The molecule has 0 rings (SSSR count). The van der Waals surface area contributed by atoms with Crippen molar-refractivity contribution in [3.63, 3.8) is 0 Å². The first-order valence-corrected chi connectivity index (χ1v) is 3.49. The van der Waals surface area contributed by atoms with Gasteiger partial charge in [-0.25, -0.2) is 4.79 Å². The van der Waals surface area contributed by atoms with Crippen LogP contribution < -0.4 is 5.32 Å². The van der Waals surface area contributed by atoms with Gasteiger partial charge in [-0.2, -0.15) is 4.89 Å². The van der Waals surface area contributed by atoms with Crippen molar-refractivity contribution in [2.24, 2.45) is 0 Å². The molecule has 0 aromatic rings. The van der Waals surface area contributed by atoms with Crippen LogP contribution in [0, 0.1) is 0 Å². The third-order valence-corrected chi connectivity index (χ3v) is 0.706. The van der Waals surface area contributed by atoms with E-state index >= 15 is 0 Å². The molecule has 0 bridgehead atoms. The minimum atomic E-state index is -0.441. The average molecular weight is 198 g/mol. The maximum atomic E-state index is 10.7. The van der Waals surface area contributed by atoms with Crippen LogP contribution >= 0.6 is 12.4 Å². The number of halogens is 1. The second-order valence-corrected chi connectivity index (χ2v) is 3.18. The summed E-state index contributed by atoms with van der Waals surface area (Å²) in [6.45, 7) is 5.58. The van der Waals surface area contributed by atoms with Crippen molar-refractivity contribution in [1.82, 2.24) is 5.32 Å². The van der Waals surface area contributed by atoms with Gasteiger partial charge in [-0.3, -0.25) is 4.89 Å². The van der Waals surface area contributed by atoms with Gasteiger partial charge in [0.25, 0.3) is 0 Å². The molecule has 0 aromatic heterocycles. The maximum absolute atomic E-state index is 10.7. The smallest absolute Gasteiger partial charge is 0.310 e. The molecule has 0 saturated carbocycles. The van der Waals surface area contributed by atoms with Gasteiger partial charge in [0.05, 0.1) is 6.54 Å². The van der Waals surface area contributed by atoms with E-state index < -0.39 is 11.6 Å². The molecule has 1 N–H and O–H groups in total. The van der Waals surface area contributed by atoms with E-state index in [1.54, 1.807) is 27.8 Å². The molecule has 0 aliphatic carbocycles. The van der Waals surface area contributed by atoms with Crippen LogP contribution in [-0.4, -0.2) is 25.2 Å². The van der Waals surface area contributed by atoms with Crippen molar-refractivity contribution in [1.29, 1.82) is 0 Å². The second-order valence-electron chi connectivity index (χ2n) is 3.18. The van der Waals surface area contributed by atoms with Crippen LogP contribution in [0.25, 0.3) is 0 Å². The normalized spacial score (nSPS) is 10.3. The predicted octanol–water partition coefficient (Wildman–Crippen LogP) is 0.901. The zero-order valence-corrected chi connectivity index (χ0v) is 8.66. The summed E-state index contributed by atoms with van der Waals surface area (Å²) in [5.41, 5.74) is -0.441. The molecule has 0 atom stereocenters. The molecule has 0 aliphatic rings. The topological polar surface area (TPSA) is 47.6 Å². The van der Waals surface area contributed by atoms with Crippen molar-refractivity contribution in [2.75, 3.05) is 13.6 Å². The van der Waals surface area contributed by atoms with E-state index in [2.05, 4.69) is 10.2 Å². The zero-order valence-electron chi connectivity index (χ0n) is 7.84. The van der Waals surface area contributed by atoms with Crippen molar-refractivity contribution >= 4 is 18.4 Å². The van der Waals surface area contributed by atoms with Gasteiger partial charge in [-0.15, -0.1) is 12.4 Å². The summed E-state index contributed by atoms with van der Waals surface area (Å²) in [4.78, 5) is 19.9. The lowest BCUT2D eigenvalue weighted by molar-refractivity contribution is -0.319. The molecule has 0 fully saturated rings. The van der Waals surface area contributed by atoms with Gasteiger partial charge < -0.3 is 5.32 Å². The summed E-state index contributed by atoms with van der Waals surface area (Å²) in [6.07, 6.45) is 0. The molecule has 5 heteroatoms. The lowest BCUT2D eigenvalue weighted by Gasteiger charge is -2.16. The Balaban J connectivity index is 0. The van der Waals surface area contributed by atoms with Crippen molar-refractivity contribution in [3.8, 4) is 0 Å². The zero-order chi connectivity index (χ0) is 8.91. The molecule has 4 nitrogen and oxygen atoms in total. The molecular formula is C7H16ClNO3. The number of likely N-dealkylation sites (N-methyl/N-ethyl adjacent to an activating group) is 1. The first kappa shape index (κ1) is 14.2. The number of hydrogen-bond donors (Lipinski definition) is 1. The molecule has 0 saturated heterocycles. The molecule has 0 heterocycles. The first-order chi connectivity index (χ1) is 4.95. The SMILES string of the molecule is CNCC(=O)OOC(C)(C)C.Cl.